The first-order valence-corrected chi connectivity index (χ1v) is 11.2. The van der Waals surface area contributed by atoms with Gasteiger partial charge in [0.25, 0.3) is 0 Å². The Labute approximate surface area is 173 Å². The Kier molecular flexibility index (Phi) is 10.3. The van der Waals surface area contributed by atoms with Crippen LogP contribution in [-0.2, 0) is 0 Å². The summed E-state index contributed by atoms with van der Waals surface area (Å²) in [5.74, 6) is 2.47. The molecule has 1 unspecified atom stereocenters. The summed E-state index contributed by atoms with van der Waals surface area (Å²) in [5.41, 5.74) is 0. The number of guanidine groups is 1. The number of rotatable bonds is 9. The van der Waals surface area contributed by atoms with E-state index in [1.165, 1.54) is 37.6 Å². The first kappa shape index (κ1) is 22.3. The van der Waals surface area contributed by atoms with E-state index in [1.807, 2.05) is 30.9 Å². The summed E-state index contributed by atoms with van der Waals surface area (Å²) >= 11 is 7.73. The molecule has 1 aromatic rings. The van der Waals surface area contributed by atoms with Crippen LogP contribution in [0.1, 0.15) is 13.8 Å². The second kappa shape index (κ2) is 12.5. The van der Waals surface area contributed by atoms with Gasteiger partial charge in [-0.05, 0) is 36.7 Å². The van der Waals surface area contributed by atoms with Gasteiger partial charge in [0.05, 0.1) is 0 Å². The molecule has 0 amide bonds. The maximum absolute atomic E-state index is 5.92. The van der Waals surface area contributed by atoms with Gasteiger partial charge >= 0.3 is 0 Å². The summed E-state index contributed by atoms with van der Waals surface area (Å²) in [5, 5.41) is 7.64. The standard InChI is InChI=1S/C20H34ClN5S/c1-4-25-10-12-26(13-11-25)16-17(2)15-24-20(22-3)23-9-14-27-19-7-5-18(21)6-8-19/h5-8,17H,4,9-16H2,1-3H3,(H2,22,23,24). The molecule has 7 heteroatoms. The molecule has 1 aliphatic heterocycles. The zero-order chi connectivity index (χ0) is 19.5. The van der Waals surface area contributed by atoms with Gasteiger partial charge in [0.2, 0.25) is 0 Å². The average Bonchev–Trinajstić information content (AvgIpc) is 2.69. The molecular formula is C20H34ClN5S. The molecule has 1 saturated heterocycles. The van der Waals surface area contributed by atoms with Crippen LogP contribution in [0.5, 0.6) is 0 Å². The van der Waals surface area contributed by atoms with Gasteiger partial charge in [0, 0.05) is 68.5 Å². The van der Waals surface area contributed by atoms with Crippen molar-refractivity contribution >= 4 is 29.3 Å². The molecular weight excluding hydrogens is 378 g/mol. The van der Waals surface area contributed by atoms with Crippen molar-refractivity contribution in [3.8, 4) is 0 Å². The second-order valence-corrected chi connectivity index (χ2v) is 8.63. The van der Waals surface area contributed by atoms with E-state index in [0.717, 1.165) is 36.4 Å². The fourth-order valence-corrected chi connectivity index (χ4v) is 4.05. The molecule has 152 valence electrons. The summed E-state index contributed by atoms with van der Waals surface area (Å²) in [4.78, 5) is 10.7. The van der Waals surface area contributed by atoms with E-state index in [-0.39, 0.29) is 0 Å². The van der Waals surface area contributed by atoms with Gasteiger partial charge in [-0.2, -0.15) is 0 Å². The lowest BCUT2D eigenvalue weighted by atomic mass is 10.1. The Morgan fingerprint density at radius 1 is 1.15 bits per heavy atom. The maximum Gasteiger partial charge on any atom is 0.191 e. The number of thioether (sulfide) groups is 1. The maximum atomic E-state index is 5.92. The number of nitrogens with one attached hydrogen (secondary N) is 2. The summed E-state index contributed by atoms with van der Waals surface area (Å²) < 4.78 is 0. The Bertz CT molecular complexity index is 558. The molecule has 1 aliphatic rings. The van der Waals surface area contributed by atoms with E-state index in [1.54, 1.807) is 0 Å². The first-order valence-electron chi connectivity index (χ1n) is 9.88. The van der Waals surface area contributed by atoms with Gasteiger partial charge in [-0.3, -0.25) is 4.99 Å². The number of benzene rings is 1. The van der Waals surface area contributed by atoms with Crippen LogP contribution >= 0.6 is 23.4 Å². The van der Waals surface area contributed by atoms with Crippen molar-refractivity contribution < 1.29 is 0 Å². The zero-order valence-electron chi connectivity index (χ0n) is 16.9. The van der Waals surface area contributed by atoms with E-state index in [2.05, 4.69) is 51.4 Å². The van der Waals surface area contributed by atoms with Crippen LogP contribution in [0.4, 0.5) is 0 Å². The summed E-state index contributed by atoms with van der Waals surface area (Å²) in [7, 11) is 1.83. The van der Waals surface area contributed by atoms with Crippen molar-refractivity contribution in [1.29, 1.82) is 0 Å². The Balaban J connectivity index is 1.58. The average molecular weight is 412 g/mol. The first-order chi connectivity index (χ1) is 13.1. The summed E-state index contributed by atoms with van der Waals surface area (Å²) in [6.45, 7) is 13.5. The molecule has 5 nitrogen and oxygen atoms in total. The Morgan fingerprint density at radius 2 is 1.81 bits per heavy atom. The zero-order valence-corrected chi connectivity index (χ0v) is 18.5. The van der Waals surface area contributed by atoms with E-state index < -0.39 is 0 Å². The molecule has 0 saturated carbocycles. The van der Waals surface area contributed by atoms with Crippen molar-refractivity contribution in [3.63, 3.8) is 0 Å². The van der Waals surface area contributed by atoms with Crippen LogP contribution < -0.4 is 10.6 Å². The second-order valence-electron chi connectivity index (χ2n) is 7.02. The number of piperazine rings is 1. The predicted octanol–water partition coefficient (Wildman–Crippen LogP) is 2.87. The topological polar surface area (TPSA) is 42.9 Å². The third-order valence-corrected chi connectivity index (χ3v) is 6.07. The van der Waals surface area contributed by atoms with Gasteiger partial charge in [-0.15, -0.1) is 11.8 Å². The van der Waals surface area contributed by atoms with Crippen LogP contribution in [0.2, 0.25) is 5.02 Å². The molecule has 27 heavy (non-hydrogen) atoms. The summed E-state index contributed by atoms with van der Waals surface area (Å²) in [6, 6.07) is 7.98. The van der Waals surface area contributed by atoms with Crippen molar-refractivity contribution in [2.75, 3.05) is 65.2 Å². The Morgan fingerprint density at radius 3 is 2.44 bits per heavy atom. The molecule has 1 heterocycles. The molecule has 1 atom stereocenters. The molecule has 0 radical (unpaired) electrons. The van der Waals surface area contributed by atoms with Gasteiger partial charge in [-0.25, -0.2) is 0 Å². The van der Waals surface area contributed by atoms with Crippen LogP contribution in [-0.4, -0.2) is 80.9 Å². The van der Waals surface area contributed by atoms with Crippen LogP contribution in [0, 0.1) is 5.92 Å². The molecule has 0 aromatic heterocycles. The fourth-order valence-electron chi connectivity index (χ4n) is 3.15. The molecule has 0 aliphatic carbocycles. The molecule has 0 bridgehead atoms. The number of hydrogen-bond acceptors (Lipinski definition) is 4. The molecule has 1 aromatic carbocycles. The van der Waals surface area contributed by atoms with Gasteiger partial charge in [-0.1, -0.05) is 25.4 Å². The van der Waals surface area contributed by atoms with E-state index in [9.17, 15) is 0 Å². The van der Waals surface area contributed by atoms with Gasteiger partial charge < -0.3 is 20.4 Å². The van der Waals surface area contributed by atoms with Crippen LogP contribution in [0.25, 0.3) is 0 Å². The largest absolute Gasteiger partial charge is 0.356 e. The summed E-state index contributed by atoms with van der Waals surface area (Å²) in [6.07, 6.45) is 0. The number of nitrogens with zero attached hydrogens (tertiary/aromatic N) is 3. The Hall–Kier alpha value is -0.950. The number of hydrogen-bond donors (Lipinski definition) is 2. The highest BCUT2D eigenvalue weighted by Gasteiger charge is 2.17. The molecule has 0 spiro atoms. The normalized spacial score (nSPS) is 17.7. The quantitative estimate of drug-likeness (QED) is 0.283. The van der Waals surface area contributed by atoms with E-state index in [4.69, 9.17) is 11.6 Å². The molecule has 1 fully saturated rings. The fraction of sp³-hybridized carbons (Fsp3) is 0.650. The smallest absolute Gasteiger partial charge is 0.191 e. The minimum atomic E-state index is 0.597. The van der Waals surface area contributed by atoms with E-state index in [0.29, 0.717) is 5.92 Å². The van der Waals surface area contributed by atoms with Crippen molar-refractivity contribution in [3.05, 3.63) is 29.3 Å². The minimum Gasteiger partial charge on any atom is -0.356 e. The third-order valence-electron chi connectivity index (χ3n) is 4.80. The lowest BCUT2D eigenvalue weighted by molar-refractivity contribution is 0.124. The van der Waals surface area contributed by atoms with Gasteiger partial charge in [0.15, 0.2) is 5.96 Å². The highest BCUT2D eigenvalue weighted by molar-refractivity contribution is 7.99. The minimum absolute atomic E-state index is 0.597. The lowest BCUT2D eigenvalue weighted by Crippen LogP contribution is -2.48. The molecule has 2 rings (SSSR count). The van der Waals surface area contributed by atoms with Crippen molar-refractivity contribution in [2.45, 2.75) is 18.7 Å². The third kappa shape index (κ3) is 8.73. The number of aliphatic imine (C=N–C) groups is 1. The van der Waals surface area contributed by atoms with Crippen molar-refractivity contribution in [1.82, 2.24) is 20.4 Å². The lowest BCUT2D eigenvalue weighted by Gasteiger charge is -2.35. The predicted molar refractivity (Wildman–Crippen MR) is 119 cm³/mol. The van der Waals surface area contributed by atoms with E-state index >= 15 is 0 Å². The molecule has 2 N–H and O–H groups in total. The number of halogens is 1. The monoisotopic (exact) mass is 411 g/mol. The van der Waals surface area contributed by atoms with Crippen molar-refractivity contribution in [2.24, 2.45) is 10.9 Å². The number of likely N-dealkylation sites (N-methyl/N-ethyl adjacent to an activating group) is 1. The highest BCUT2D eigenvalue weighted by Crippen LogP contribution is 2.19. The van der Waals surface area contributed by atoms with Crippen LogP contribution in [0.15, 0.2) is 34.2 Å². The van der Waals surface area contributed by atoms with Gasteiger partial charge in [0.1, 0.15) is 0 Å². The SMILES string of the molecule is CCN1CCN(CC(C)CNC(=NC)NCCSc2ccc(Cl)cc2)CC1. The van der Waals surface area contributed by atoms with Crippen LogP contribution in [0.3, 0.4) is 0 Å². The highest BCUT2D eigenvalue weighted by atomic mass is 35.5.